The van der Waals surface area contributed by atoms with Crippen molar-refractivity contribution in [2.75, 3.05) is 31.7 Å². The van der Waals surface area contributed by atoms with E-state index < -0.39 is 23.0 Å². The summed E-state index contributed by atoms with van der Waals surface area (Å²) in [5, 5.41) is 6.09. The highest BCUT2D eigenvalue weighted by Crippen LogP contribution is 2.35. The average Bonchev–Trinajstić information content (AvgIpc) is 3.12. The fourth-order valence-electron chi connectivity index (χ4n) is 3.80. The summed E-state index contributed by atoms with van der Waals surface area (Å²) in [7, 11) is 4.04. The van der Waals surface area contributed by atoms with Crippen LogP contribution < -0.4 is 16.4 Å². The molecule has 2 heterocycles. The number of ketones is 1. The van der Waals surface area contributed by atoms with Crippen LogP contribution in [-0.4, -0.2) is 52.7 Å². The Hall–Kier alpha value is -3.44. The van der Waals surface area contributed by atoms with Gasteiger partial charge in [0.15, 0.2) is 5.13 Å². The molecule has 1 fully saturated rings. The molecule has 0 bridgehead atoms. The van der Waals surface area contributed by atoms with Crippen molar-refractivity contribution in [3.63, 3.8) is 0 Å². The van der Waals surface area contributed by atoms with Gasteiger partial charge in [-0.25, -0.2) is 18.7 Å². The lowest BCUT2D eigenvalue weighted by Crippen LogP contribution is -2.57. The van der Waals surface area contributed by atoms with E-state index >= 15 is 0 Å². The van der Waals surface area contributed by atoms with Crippen molar-refractivity contribution in [3.05, 3.63) is 64.2 Å². The molecule has 0 radical (unpaired) electrons. The first-order chi connectivity index (χ1) is 16.2. The van der Waals surface area contributed by atoms with E-state index in [1.807, 2.05) is 14.1 Å². The molecule has 0 unspecified atom stereocenters. The number of rotatable bonds is 8. The van der Waals surface area contributed by atoms with Gasteiger partial charge in [0.2, 0.25) is 5.78 Å². The van der Waals surface area contributed by atoms with Crippen LogP contribution in [0.25, 0.3) is 0 Å². The molecule has 0 spiro atoms. The number of benzene rings is 1. The van der Waals surface area contributed by atoms with Crippen molar-refractivity contribution in [1.29, 1.82) is 0 Å². The summed E-state index contributed by atoms with van der Waals surface area (Å²) < 4.78 is 28.0. The lowest BCUT2D eigenvalue weighted by atomic mass is 9.75. The number of amides is 1. The summed E-state index contributed by atoms with van der Waals surface area (Å²) in [6.45, 7) is 0.566. The standard InChI is InChI=1S/C23H24F2N6O2S/c1-31(2)23(9-4-10-23)12-28-21(33)13-7-8-16(27-11-13)29-22-30-20(26)19(34-22)18(32)17-14(24)5-3-6-15(17)25/h3,5-8,11H,4,9-10,12,26H2,1-2H3,(H,28,33)(H,27,29,30). The molecule has 8 nitrogen and oxygen atoms in total. The van der Waals surface area contributed by atoms with E-state index in [0.717, 1.165) is 42.7 Å². The number of likely N-dealkylation sites (N-methyl/N-ethyl adjacent to an activating group) is 1. The summed E-state index contributed by atoms with van der Waals surface area (Å²) in [6.07, 6.45) is 4.68. The van der Waals surface area contributed by atoms with Crippen molar-refractivity contribution in [3.8, 4) is 0 Å². The Labute approximate surface area is 199 Å². The number of thiazole rings is 1. The minimum atomic E-state index is -0.975. The molecule has 2 aromatic heterocycles. The number of anilines is 3. The van der Waals surface area contributed by atoms with Gasteiger partial charge in [0.05, 0.1) is 11.1 Å². The van der Waals surface area contributed by atoms with E-state index in [9.17, 15) is 18.4 Å². The van der Waals surface area contributed by atoms with Crippen LogP contribution in [0.15, 0.2) is 36.5 Å². The predicted octanol–water partition coefficient (Wildman–Crippen LogP) is 3.59. The van der Waals surface area contributed by atoms with Crippen molar-refractivity contribution in [2.45, 2.75) is 24.8 Å². The zero-order chi connectivity index (χ0) is 24.5. The molecule has 4 N–H and O–H groups in total. The van der Waals surface area contributed by atoms with Crippen molar-refractivity contribution >= 4 is 39.8 Å². The molecule has 11 heteroatoms. The van der Waals surface area contributed by atoms with Gasteiger partial charge in [0.25, 0.3) is 5.91 Å². The highest BCUT2D eigenvalue weighted by Gasteiger charge is 2.39. The van der Waals surface area contributed by atoms with Gasteiger partial charge in [-0.2, -0.15) is 0 Å². The number of hydrogen-bond acceptors (Lipinski definition) is 8. The first-order valence-electron chi connectivity index (χ1n) is 10.6. The number of aromatic nitrogens is 2. The second kappa shape index (κ2) is 9.43. The fourth-order valence-corrected chi connectivity index (χ4v) is 4.64. The highest BCUT2D eigenvalue weighted by molar-refractivity contribution is 7.18. The number of carbonyl (C=O) groups is 2. The monoisotopic (exact) mass is 486 g/mol. The Kier molecular flexibility index (Phi) is 6.58. The maximum atomic E-state index is 14.0. The first-order valence-corrected chi connectivity index (χ1v) is 11.5. The molecule has 0 aliphatic heterocycles. The average molecular weight is 487 g/mol. The van der Waals surface area contributed by atoms with E-state index in [1.54, 1.807) is 12.1 Å². The Morgan fingerprint density at radius 3 is 2.44 bits per heavy atom. The second-order valence-electron chi connectivity index (χ2n) is 8.37. The minimum Gasteiger partial charge on any atom is -0.382 e. The number of nitrogens with zero attached hydrogens (tertiary/aromatic N) is 3. The topological polar surface area (TPSA) is 113 Å². The smallest absolute Gasteiger partial charge is 0.252 e. The van der Waals surface area contributed by atoms with Gasteiger partial charge in [-0.1, -0.05) is 17.4 Å². The molecule has 1 aliphatic rings. The largest absolute Gasteiger partial charge is 0.382 e. The molecule has 1 amide bonds. The number of hydrogen-bond donors (Lipinski definition) is 3. The maximum Gasteiger partial charge on any atom is 0.252 e. The van der Waals surface area contributed by atoms with E-state index in [0.29, 0.717) is 17.9 Å². The molecule has 1 aromatic carbocycles. The van der Waals surface area contributed by atoms with Crippen LogP contribution in [0.4, 0.5) is 25.5 Å². The molecule has 4 rings (SSSR count). The molecule has 34 heavy (non-hydrogen) atoms. The van der Waals surface area contributed by atoms with Crippen LogP contribution in [0.2, 0.25) is 0 Å². The van der Waals surface area contributed by atoms with Gasteiger partial charge >= 0.3 is 0 Å². The van der Waals surface area contributed by atoms with E-state index in [4.69, 9.17) is 5.73 Å². The van der Waals surface area contributed by atoms with Crippen LogP contribution >= 0.6 is 11.3 Å². The fraction of sp³-hybridized carbons (Fsp3) is 0.304. The number of nitrogen functional groups attached to an aromatic ring is 1. The van der Waals surface area contributed by atoms with Gasteiger partial charge in [-0.3, -0.25) is 9.59 Å². The molecule has 1 aliphatic carbocycles. The molecule has 178 valence electrons. The molecular formula is C23H24F2N6O2S. The number of nitrogens with two attached hydrogens (primary N) is 1. The zero-order valence-corrected chi connectivity index (χ0v) is 19.5. The number of nitrogens with one attached hydrogen (secondary N) is 2. The quantitative estimate of drug-likeness (QED) is 0.417. The first kappa shape index (κ1) is 23.7. The van der Waals surface area contributed by atoms with Gasteiger partial charge < -0.3 is 21.3 Å². The van der Waals surface area contributed by atoms with Crippen LogP contribution in [0.5, 0.6) is 0 Å². The predicted molar refractivity (Wildman–Crippen MR) is 126 cm³/mol. The van der Waals surface area contributed by atoms with Gasteiger partial charge in [0.1, 0.15) is 28.1 Å². The van der Waals surface area contributed by atoms with Crippen LogP contribution in [0.1, 0.15) is 44.9 Å². The third-order valence-electron chi connectivity index (χ3n) is 6.12. The summed E-state index contributed by atoms with van der Waals surface area (Å²) in [5.41, 5.74) is 5.55. The van der Waals surface area contributed by atoms with Crippen molar-refractivity contribution in [1.82, 2.24) is 20.2 Å². The summed E-state index contributed by atoms with van der Waals surface area (Å²) in [5.74, 6) is -2.84. The molecule has 3 aromatic rings. The molecule has 1 saturated carbocycles. The number of halogens is 2. The Balaban J connectivity index is 1.42. The second-order valence-corrected chi connectivity index (χ2v) is 9.37. The zero-order valence-electron chi connectivity index (χ0n) is 18.7. The Bertz CT molecular complexity index is 1200. The van der Waals surface area contributed by atoms with Crippen LogP contribution in [0.3, 0.4) is 0 Å². The van der Waals surface area contributed by atoms with Gasteiger partial charge in [0, 0.05) is 18.3 Å². The summed E-state index contributed by atoms with van der Waals surface area (Å²) in [4.78, 5) is 35.5. The summed E-state index contributed by atoms with van der Waals surface area (Å²) >= 11 is 0.854. The van der Waals surface area contributed by atoms with Crippen LogP contribution in [0, 0.1) is 11.6 Å². The van der Waals surface area contributed by atoms with E-state index in [2.05, 4.69) is 25.5 Å². The Morgan fingerprint density at radius 2 is 1.88 bits per heavy atom. The van der Waals surface area contributed by atoms with Gasteiger partial charge in [-0.05, 0) is 57.6 Å². The maximum absolute atomic E-state index is 14.0. The molecular weight excluding hydrogens is 462 g/mol. The summed E-state index contributed by atoms with van der Waals surface area (Å²) in [6, 6.07) is 6.39. The molecule has 0 atom stereocenters. The van der Waals surface area contributed by atoms with E-state index in [-0.39, 0.29) is 27.3 Å². The highest BCUT2D eigenvalue weighted by atomic mass is 32.1. The minimum absolute atomic E-state index is 0.01000. The Morgan fingerprint density at radius 1 is 1.18 bits per heavy atom. The number of pyridine rings is 1. The molecule has 0 saturated heterocycles. The number of carbonyl (C=O) groups excluding carboxylic acids is 2. The van der Waals surface area contributed by atoms with Crippen molar-refractivity contribution in [2.24, 2.45) is 0 Å². The van der Waals surface area contributed by atoms with Gasteiger partial charge in [-0.15, -0.1) is 0 Å². The SMILES string of the molecule is CN(C)C1(CNC(=O)c2ccc(Nc3nc(N)c(C(=O)c4c(F)cccc4F)s3)nc2)CCC1. The third kappa shape index (κ3) is 4.62. The third-order valence-corrected chi connectivity index (χ3v) is 7.11. The normalized spacial score (nSPS) is 14.5. The van der Waals surface area contributed by atoms with Crippen molar-refractivity contribution < 1.29 is 18.4 Å². The van der Waals surface area contributed by atoms with E-state index in [1.165, 1.54) is 12.3 Å². The van der Waals surface area contributed by atoms with Crippen LogP contribution in [-0.2, 0) is 0 Å². The lowest BCUT2D eigenvalue weighted by Gasteiger charge is -2.47. The lowest BCUT2D eigenvalue weighted by molar-refractivity contribution is 0.0557.